The number of urea groups is 1. The van der Waals surface area contributed by atoms with Crippen LogP contribution in [0.5, 0.6) is 0 Å². The Morgan fingerprint density at radius 3 is 2.71 bits per heavy atom. The maximum absolute atomic E-state index is 13.4. The molecule has 2 unspecified atom stereocenters. The van der Waals surface area contributed by atoms with E-state index in [0.717, 1.165) is 37.7 Å². The minimum Gasteiger partial charge on any atom is -0.327 e. The molecule has 0 radical (unpaired) electrons. The summed E-state index contributed by atoms with van der Waals surface area (Å²) in [6.45, 7) is 2.15. The topological polar surface area (TPSA) is 83.7 Å². The van der Waals surface area contributed by atoms with E-state index >= 15 is 0 Å². The van der Waals surface area contributed by atoms with E-state index in [2.05, 4.69) is 0 Å². The number of allylic oxidation sites excluding steroid dienone is 2. The molecule has 6 heteroatoms. The van der Waals surface area contributed by atoms with Crippen LogP contribution < -0.4 is 5.73 Å². The van der Waals surface area contributed by atoms with Crippen LogP contribution in [0.3, 0.4) is 0 Å². The molecule has 152 valence electrons. The van der Waals surface area contributed by atoms with Gasteiger partial charge < -0.3 is 10.6 Å². The fourth-order valence-corrected chi connectivity index (χ4v) is 5.89. The van der Waals surface area contributed by atoms with Crippen LogP contribution in [0.15, 0.2) is 23.3 Å². The molecule has 2 N–H and O–H groups in total. The van der Waals surface area contributed by atoms with Crippen LogP contribution in [-0.2, 0) is 9.59 Å². The number of nitrogens with two attached hydrogens (primary N) is 1. The van der Waals surface area contributed by atoms with Crippen molar-refractivity contribution in [1.82, 2.24) is 9.80 Å². The lowest BCUT2D eigenvalue weighted by molar-refractivity contribution is -0.137. The van der Waals surface area contributed by atoms with Gasteiger partial charge in [0.15, 0.2) is 5.78 Å². The number of carbonyl (C=O) groups excluding carboxylic acids is 3. The van der Waals surface area contributed by atoms with E-state index in [-0.39, 0.29) is 30.2 Å². The van der Waals surface area contributed by atoms with Crippen LogP contribution in [-0.4, -0.2) is 53.2 Å². The van der Waals surface area contributed by atoms with Gasteiger partial charge in [0, 0.05) is 19.2 Å². The molecule has 4 rings (SSSR count). The van der Waals surface area contributed by atoms with Crippen LogP contribution in [0, 0.1) is 17.8 Å². The number of rotatable bonds is 5. The summed E-state index contributed by atoms with van der Waals surface area (Å²) < 4.78 is 0. The minimum absolute atomic E-state index is 0.180. The Hall–Kier alpha value is -1.95. The van der Waals surface area contributed by atoms with Gasteiger partial charge in [-0.15, -0.1) is 0 Å². The van der Waals surface area contributed by atoms with Crippen molar-refractivity contribution in [3.63, 3.8) is 0 Å². The summed E-state index contributed by atoms with van der Waals surface area (Å²) >= 11 is 0. The first kappa shape index (κ1) is 19.4. The molecule has 3 aliphatic carbocycles. The fourth-order valence-electron chi connectivity index (χ4n) is 5.89. The molecule has 28 heavy (non-hydrogen) atoms. The summed E-state index contributed by atoms with van der Waals surface area (Å²) in [6.07, 6.45) is 11.0. The third kappa shape index (κ3) is 2.93. The zero-order valence-corrected chi connectivity index (χ0v) is 16.9. The van der Waals surface area contributed by atoms with Gasteiger partial charge in [-0.3, -0.25) is 14.5 Å². The Morgan fingerprint density at radius 2 is 2.07 bits per heavy atom. The highest BCUT2D eigenvalue weighted by atomic mass is 16.2. The van der Waals surface area contributed by atoms with Crippen molar-refractivity contribution < 1.29 is 14.4 Å². The molecular formula is C22H31N3O3. The molecule has 6 nitrogen and oxygen atoms in total. The molecular weight excluding hydrogens is 354 g/mol. The number of nitrogens with zero attached hydrogens (tertiary/aromatic N) is 2. The summed E-state index contributed by atoms with van der Waals surface area (Å²) in [5.74, 6) is 1.02. The van der Waals surface area contributed by atoms with Gasteiger partial charge in [-0.2, -0.15) is 0 Å². The second-order valence-corrected chi connectivity index (χ2v) is 9.14. The van der Waals surface area contributed by atoms with Gasteiger partial charge >= 0.3 is 6.03 Å². The standard InChI is InChI=1S/C22H31N3O3/c1-22(18-11-14-7-8-16(18)9-14)20(27)25(21(28)24(22)2)13-19(26)17-6-4-3-5-15(10-17)12-23/h6,10,14,16,18H,3-5,7-9,11-13,23H2,1-2H3/t14-,16+,18?,22?/m1/s1. The fraction of sp³-hybridized carbons (Fsp3) is 0.682. The monoisotopic (exact) mass is 385 g/mol. The SMILES string of the molecule is CN1C(=O)N(CC(=O)C2=CCCCC(CN)=C2)C(=O)C1(C)C1C[C@@H]2CC[C@H]1C2. The Kier molecular flexibility index (Phi) is 4.94. The molecule has 0 spiro atoms. The highest BCUT2D eigenvalue weighted by Gasteiger charge is 2.61. The van der Waals surface area contributed by atoms with Gasteiger partial charge in [0.1, 0.15) is 5.54 Å². The van der Waals surface area contributed by atoms with Crippen LogP contribution in [0.1, 0.15) is 51.9 Å². The van der Waals surface area contributed by atoms with E-state index in [1.165, 1.54) is 17.7 Å². The third-order valence-electron chi connectivity index (χ3n) is 7.66. The van der Waals surface area contributed by atoms with Gasteiger partial charge in [-0.05, 0) is 63.2 Å². The summed E-state index contributed by atoms with van der Waals surface area (Å²) in [6, 6.07) is -0.346. The van der Waals surface area contributed by atoms with Crippen molar-refractivity contribution in [2.45, 2.75) is 57.4 Å². The lowest BCUT2D eigenvalue weighted by Crippen LogP contribution is -2.53. The Morgan fingerprint density at radius 1 is 1.29 bits per heavy atom. The van der Waals surface area contributed by atoms with Crippen molar-refractivity contribution in [3.8, 4) is 0 Å². The number of likely N-dealkylation sites (N-methyl/N-ethyl adjacent to an activating group) is 1. The van der Waals surface area contributed by atoms with Gasteiger partial charge in [0.2, 0.25) is 0 Å². The normalized spacial score (nSPS) is 35.3. The van der Waals surface area contributed by atoms with Crippen molar-refractivity contribution in [2.75, 3.05) is 20.1 Å². The molecule has 1 saturated heterocycles. The van der Waals surface area contributed by atoms with Gasteiger partial charge in [-0.1, -0.05) is 24.1 Å². The Bertz CT molecular complexity index is 771. The number of ketones is 1. The smallest absolute Gasteiger partial charge is 0.327 e. The Labute approximate surface area is 166 Å². The number of Topliss-reactive ketones (excluding diaryl/α,β-unsaturated/α-hetero) is 1. The molecule has 2 saturated carbocycles. The quantitative estimate of drug-likeness (QED) is 0.738. The van der Waals surface area contributed by atoms with E-state index in [9.17, 15) is 14.4 Å². The van der Waals surface area contributed by atoms with Crippen molar-refractivity contribution in [2.24, 2.45) is 23.5 Å². The Balaban J connectivity index is 1.54. The third-order valence-corrected chi connectivity index (χ3v) is 7.66. The maximum Gasteiger partial charge on any atom is 0.327 e. The van der Waals surface area contributed by atoms with Crippen LogP contribution in [0.2, 0.25) is 0 Å². The van der Waals surface area contributed by atoms with E-state index < -0.39 is 5.54 Å². The molecule has 1 heterocycles. The van der Waals surface area contributed by atoms with Crippen molar-refractivity contribution in [1.29, 1.82) is 0 Å². The van der Waals surface area contributed by atoms with E-state index in [1.807, 2.05) is 19.1 Å². The van der Waals surface area contributed by atoms with Crippen molar-refractivity contribution in [3.05, 3.63) is 23.3 Å². The molecule has 4 atom stereocenters. The second-order valence-electron chi connectivity index (χ2n) is 9.14. The minimum atomic E-state index is -0.826. The largest absolute Gasteiger partial charge is 0.327 e. The summed E-state index contributed by atoms with van der Waals surface area (Å²) in [4.78, 5) is 42.0. The number of amides is 3. The summed E-state index contributed by atoms with van der Waals surface area (Å²) in [5.41, 5.74) is 6.56. The van der Waals surface area contributed by atoms with Crippen LogP contribution in [0.4, 0.5) is 4.79 Å². The molecule has 0 aromatic rings. The second kappa shape index (κ2) is 7.14. The number of hydrogen-bond acceptors (Lipinski definition) is 4. The highest BCUT2D eigenvalue weighted by molar-refractivity contribution is 6.11. The lowest BCUT2D eigenvalue weighted by atomic mass is 9.74. The number of hydrogen-bond donors (Lipinski definition) is 1. The zero-order valence-electron chi connectivity index (χ0n) is 16.9. The molecule has 0 aromatic carbocycles. The summed E-state index contributed by atoms with van der Waals surface area (Å²) in [5, 5.41) is 0. The zero-order chi connectivity index (χ0) is 20.1. The van der Waals surface area contributed by atoms with Gasteiger partial charge in [0.25, 0.3) is 5.91 Å². The number of imide groups is 1. The highest BCUT2D eigenvalue weighted by Crippen LogP contribution is 2.54. The van der Waals surface area contributed by atoms with Gasteiger partial charge in [0.05, 0.1) is 6.54 Å². The maximum atomic E-state index is 13.4. The van der Waals surface area contributed by atoms with Crippen molar-refractivity contribution >= 4 is 17.7 Å². The molecule has 3 fully saturated rings. The predicted molar refractivity (Wildman–Crippen MR) is 106 cm³/mol. The van der Waals surface area contributed by atoms with E-state index in [0.29, 0.717) is 24.0 Å². The first-order valence-electron chi connectivity index (χ1n) is 10.6. The first-order valence-corrected chi connectivity index (χ1v) is 10.6. The molecule has 3 amide bonds. The van der Waals surface area contributed by atoms with Gasteiger partial charge in [-0.25, -0.2) is 4.79 Å². The molecule has 2 bridgehead atoms. The van der Waals surface area contributed by atoms with Crippen LogP contribution >= 0.6 is 0 Å². The van der Waals surface area contributed by atoms with E-state index in [1.54, 1.807) is 11.9 Å². The lowest BCUT2D eigenvalue weighted by Gasteiger charge is -2.39. The molecule has 4 aliphatic rings. The first-order chi connectivity index (χ1) is 13.4. The molecule has 0 aromatic heterocycles. The predicted octanol–water partition coefficient (Wildman–Crippen LogP) is 2.64. The number of fused-ring (bicyclic) bond motifs is 2. The molecule has 1 aliphatic heterocycles. The average molecular weight is 386 g/mol. The summed E-state index contributed by atoms with van der Waals surface area (Å²) in [7, 11) is 1.72. The number of carbonyl (C=O) groups is 3. The van der Waals surface area contributed by atoms with Crippen LogP contribution in [0.25, 0.3) is 0 Å². The average Bonchev–Trinajstić information content (AvgIpc) is 3.29. The van der Waals surface area contributed by atoms with E-state index in [4.69, 9.17) is 5.73 Å².